The van der Waals surface area contributed by atoms with Crippen molar-refractivity contribution < 1.29 is 13.2 Å². The molecule has 0 radical (unpaired) electrons. The molecule has 112 valence electrons. The Hall–Kier alpha value is -1.44. The van der Waals surface area contributed by atoms with E-state index in [9.17, 15) is 13.2 Å². The Morgan fingerprint density at radius 2 is 1.75 bits per heavy atom. The van der Waals surface area contributed by atoms with E-state index in [-0.39, 0.29) is 10.8 Å². The van der Waals surface area contributed by atoms with E-state index in [1.165, 1.54) is 29.2 Å². The molecule has 0 aromatic heterocycles. The number of benzene rings is 1. The van der Waals surface area contributed by atoms with Gasteiger partial charge in [-0.2, -0.15) is 0 Å². The van der Waals surface area contributed by atoms with E-state index in [0.717, 1.165) is 6.54 Å². The molecule has 1 aromatic rings. The standard InChI is InChI=1S/C13H21N3O3S/c1-4-14-9-10-15-20(18,19)12-7-5-11(6-8-12)13(17)16(2)3/h5-8,14-15H,4,9-10H2,1-3H3. The number of sulfonamides is 1. The van der Waals surface area contributed by atoms with Crippen LogP contribution < -0.4 is 10.0 Å². The largest absolute Gasteiger partial charge is 0.345 e. The van der Waals surface area contributed by atoms with Crippen molar-refractivity contribution in [3.05, 3.63) is 29.8 Å². The summed E-state index contributed by atoms with van der Waals surface area (Å²) in [5.74, 6) is -0.158. The van der Waals surface area contributed by atoms with Crippen LogP contribution in [0.5, 0.6) is 0 Å². The van der Waals surface area contributed by atoms with Crippen LogP contribution in [0, 0.1) is 0 Å². The van der Waals surface area contributed by atoms with Crippen LogP contribution in [0.2, 0.25) is 0 Å². The maximum Gasteiger partial charge on any atom is 0.253 e. The van der Waals surface area contributed by atoms with Crippen LogP contribution in [0.3, 0.4) is 0 Å². The van der Waals surface area contributed by atoms with Crippen LogP contribution in [-0.4, -0.2) is 53.0 Å². The zero-order valence-corrected chi connectivity index (χ0v) is 12.8. The Bertz CT molecular complexity index is 538. The molecule has 0 aliphatic heterocycles. The molecule has 7 heteroatoms. The first-order valence-corrected chi connectivity index (χ1v) is 7.89. The zero-order valence-electron chi connectivity index (χ0n) is 12.0. The van der Waals surface area contributed by atoms with Crippen molar-refractivity contribution in [2.24, 2.45) is 0 Å². The van der Waals surface area contributed by atoms with Crippen molar-refractivity contribution in [1.29, 1.82) is 0 Å². The summed E-state index contributed by atoms with van der Waals surface area (Å²) < 4.78 is 26.4. The number of rotatable bonds is 7. The third-order valence-electron chi connectivity index (χ3n) is 2.66. The number of amides is 1. The van der Waals surface area contributed by atoms with Gasteiger partial charge in [0.05, 0.1) is 4.90 Å². The molecule has 0 atom stereocenters. The maximum atomic E-state index is 12.0. The Kier molecular flexibility index (Phi) is 6.12. The summed E-state index contributed by atoms with van der Waals surface area (Å²) in [6.45, 7) is 3.65. The van der Waals surface area contributed by atoms with E-state index in [0.29, 0.717) is 18.7 Å². The molecule has 2 N–H and O–H groups in total. The lowest BCUT2D eigenvalue weighted by molar-refractivity contribution is 0.0827. The summed E-state index contributed by atoms with van der Waals surface area (Å²) >= 11 is 0. The van der Waals surface area contributed by atoms with Crippen molar-refractivity contribution >= 4 is 15.9 Å². The van der Waals surface area contributed by atoms with Crippen molar-refractivity contribution in [3.8, 4) is 0 Å². The van der Waals surface area contributed by atoms with Crippen LogP contribution >= 0.6 is 0 Å². The fourth-order valence-corrected chi connectivity index (χ4v) is 2.60. The topological polar surface area (TPSA) is 78.5 Å². The minimum atomic E-state index is -3.52. The molecular formula is C13H21N3O3S. The van der Waals surface area contributed by atoms with Gasteiger partial charge in [-0.05, 0) is 30.8 Å². The van der Waals surface area contributed by atoms with Crippen molar-refractivity contribution in [3.63, 3.8) is 0 Å². The van der Waals surface area contributed by atoms with Gasteiger partial charge in [0, 0.05) is 32.7 Å². The smallest absolute Gasteiger partial charge is 0.253 e. The summed E-state index contributed by atoms with van der Waals surface area (Å²) in [5.41, 5.74) is 0.460. The molecule has 0 heterocycles. The van der Waals surface area contributed by atoms with Crippen LogP contribution in [0.15, 0.2) is 29.2 Å². The van der Waals surface area contributed by atoms with Crippen LogP contribution in [0.25, 0.3) is 0 Å². The first kappa shape index (κ1) is 16.6. The van der Waals surface area contributed by atoms with E-state index >= 15 is 0 Å². The summed E-state index contributed by atoms with van der Waals surface area (Å²) in [6, 6.07) is 5.90. The van der Waals surface area contributed by atoms with Crippen molar-refractivity contribution in [2.45, 2.75) is 11.8 Å². The SMILES string of the molecule is CCNCCNS(=O)(=O)c1ccc(C(=O)N(C)C)cc1. The monoisotopic (exact) mass is 299 g/mol. The second-order valence-electron chi connectivity index (χ2n) is 4.48. The molecular weight excluding hydrogens is 278 g/mol. The predicted molar refractivity (Wildman–Crippen MR) is 78.2 cm³/mol. The van der Waals surface area contributed by atoms with Gasteiger partial charge >= 0.3 is 0 Å². The van der Waals surface area contributed by atoms with E-state index in [1.54, 1.807) is 14.1 Å². The highest BCUT2D eigenvalue weighted by atomic mass is 32.2. The Morgan fingerprint density at radius 1 is 1.15 bits per heavy atom. The van der Waals surface area contributed by atoms with Crippen molar-refractivity contribution in [1.82, 2.24) is 14.9 Å². The van der Waals surface area contributed by atoms with Gasteiger partial charge in [-0.25, -0.2) is 13.1 Å². The molecule has 1 aromatic carbocycles. The van der Waals surface area contributed by atoms with Gasteiger partial charge < -0.3 is 10.2 Å². The summed E-state index contributed by atoms with van der Waals surface area (Å²) in [5, 5.41) is 3.03. The first-order chi connectivity index (χ1) is 9.38. The van der Waals surface area contributed by atoms with Gasteiger partial charge in [0.2, 0.25) is 10.0 Å². The van der Waals surface area contributed by atoms with Crippen LogP contribution in [0.4, 0.5) is 0 Å². The molecule has 0 unspecified atom stereocenters. The quantitative estimate of drug-likeness (QED) is 0.709. The van der Waals surface area contributed by atoms with Gasteiger partial charge in [0.15, 0.2) is 0 Å². The minimum absolute atomic E-state index is 0.157. The maximum absolute atomic E-state index is 12.0. The normalized spacial score (nSPS) is 11.3. The lowest BCUT2D eigenvalue weighted by Crippen LogP contribution is -2.31. The average Bonchev–Trinajstić information content (AvgIpc) is 2.43. The number of carbonyl (C=O) groups is 1. The Labute approximate surface area is 120 Å². The number of hydrogen-bond donors (Lipinski definition) is 2. The second kappa shape index (κ2) is 7.37. The van der Waals surface area contributed by atoms with Gasteiger partial charge in [-0.3, -0.25) is 4.79 Å². The average molecular weight is 299 g/mol. The Morgan fingerprint density at radius 3 is 2.25 bits per heavy atom. The fraction of sp³-hybridized carbons (Fsp3) is 0.462. The minimum Gasteiger partial charge on any atom is -0.345 e. The molecule has 0 saturated heterocycles. The molecule has 0 aliphatic carbocycles. The van der Waals surface area contributed by atoms with Gasteiger partial charge in [0.25, 0.3) is 5.91 Å². The molecule has 1 amide bonds. The number of likely N-dealkylation sites (N-methyl/N-ethyl adjacent to an activating group) is 1. The highest BCUT2D eigenvalue weighted by Gasteiger charge is 2.14. The van der Waals surface area contributed by atoms with Crippen LogP contribution in [-0.2, 0) is 10.0 Å². The first-order valence-electron chi connectivity index (χ1n) is 6.40. The third kappa shape index (κ3) is 4.59. The fourth-order valence-electron chi connectivity index (χ4n) is 1.57. The highest BCUT2D eigenvalue weighted by Crippen LogP contribution is 2.11. The van der Waals surface area contributed by atoms with E-state index in [4.69, 9.17) is 0 Å². The molecule has 20 heavy (non-hydrogen) atoms. The molecule has 0 spiro atoms. The second-order valence-corrected chi connectivity index (χ2v) is 6.24. The van der Waals surface area contributed by atoms with E-state index < -0.39 is 10.0 Å². The number of nitrogens with zero attached hydrogens (tertiary/aromatic N) is 1. The molecule has 0 aliphatic rings. The molecule has 1 rings (SSSR count). The zero-order chi connectivity index (χ0) is 15.2. The number of nitrogens with one attached hydrogen (secondary N) is 2. The number of hydrogen-bond acceptors (Lipinski definition) is 4. The summed E-state index contributed by atoms with van der Waals surface area (Å²) in [7, 11) is -0.222. The Balaban J connectivity index is 2.74. The lowest BCUT2D eigenvalue weighted by Gasteiger charge is -2.11. The highest BCUT2D eigenvalue weighted by molar-refractivity contribution is 7.89. The molecule has 0 fully saturated rings. The van der Waals surface area contributed by atoms with E-state index in [1.807, 2.05) is 6.92 Å². The molecule has 0 bridgehead atoms. The number of carbonyl (C=O) groups excluding carboxylic acids is 1. The van der Waals surface area contributed by atoms with Gasteiger partial charge in [-0.1, -0.05) is 6.92 Å². The van der Waals surface area contributed by atoms with E-state index in [2.05, 4.69) is 10.0 Å². The summed E-state index contributed by atoms with van der Waals surface area (Å²) in [6.07, 6.45) is 0. The molecule has 0 saturated carbocycles. The summed E-state index contributed by atoms with van der Waals surface area (Å²) in [4.78, 5) is 13.3. The van der Waals surface area contributed by atoms with Crippen molar-refractivity contribution in [2.75, 3.05) is 33.7 Å². The van der Waals surface area contributed by atoms with Gasteiger partial charge in [0.1, 0.15) is 0 Å². The predicted octanol–water partition coefficient (Wildman–Crippen LogP) is 0.276. The van der Waals surface area contributed by atoms with Crippen LogP contribution in [0.1, 0.15) is 17.3 Å². The van der Waals surface area contributed by atoms with Gasteiger partial charge in [-0.15, -0.1) is 0 Å². The lowest BCUT2D eigenvalue weighted by atomic mass is 10.2. The molecule has 6 nitrogen and oxygen atoms in total. The third-order valence-corrected chi connectivity index (χ3v) is 4.14.